The molecule has 2 aromatic heterocycles. The van der Waals surface area contributed by atoms with E-state index in [1.54, 1.807) is 24.4 Å². The standard InChI is InChI=1S/C19H19N5O3/c1-12(2)14-6-8-15(9-7-14)27-19-16(24(25)26)18(21-11-22-19)23-17-13(3)5-4-10-20-17/h4-12H,1-3H3,(H,20,21,22,23). The third kappa shape index (κ3) is 4.17. The predicted molar refractivity (Wildman–Crippen MR) is 102 cm³/mol. The number of hydrogen-bond donors (Lipinski definition) is 1. The highest BCUT2D eigenvalue weighted by molar-refractivity contribution is 5.68. The summed E-state index contributed by atoms with van der Waals surface area (Å²) in [5.74, 6) is 1.20. The van der Waals surface area contributed by atoms with Gasteiger partial charge in [-0.25, -0.2) is 9.97 Å². The lowest BCUT2D eigenvalue weighted by atomic mass is 10.0. The molecule has 1 N–H and O–H groups in total. The van der Waals surface area contributed by atoms with Gasteiger partial charge in [-0.15, -0.1) is 0 Å². The summed E-state index contributed by atoms with van der Waals surface area (Å²) in [6.07, 6.45) is 2.81. The van der Waals surface area contributed by atoms with Crippen LogP contribution in [-0.4, -0.2) is 19.9 Å². The van der Waals surface area contributed by atoms with Crippen LogP contribution in [-0.2, 0) is 0 Å². The van der Waals surface area contributed by atoms with E-state index >= 15 is 0 Å². The zero-order valence-electron chi connectivity index (χ0n) is 15.2. The van der Waals surface area contributed by atoms with Gasteiger partial charge in [-0.3, -0.25) is 10.1 Å². The molecule has 2 heterocycles. The SMILES string of the molecule is Cc1cccnc1Nc1ncnc(Oc2ccc(C(C)C)cc2)c1[N+](=O)[O-]. The minimum absolute atomic E-state index is 0.0191. The number of pyridine rings is 1. The second-order valence-electron chi connectivity index (χ2n) is 6.25. The summed E-state index contributed by atoms with van der Waals surface area (Å²) < 4.78 is 5.66. The zero-order valence-corrected chi connectivity index (χ0v) is 15.2. The van der Waals surface area contributed by atoms with Gasteiger partial charge in [0.25, 0.3) is 0 Å². The van der Waals surface area contributed by atoms with Gasteiger partial charge in [0.1, 0.15) is 17.9 Å². The van der Waals surface area contributed by atoms with E-state index in [0.29, 0.717) is 17.5 Å². The van der Waals surface area contributed by atoms with E-state index in [1.807, 2.05) is 25.1 Å². The Labute approximate surface area is 156 Å². The number of anilines is 2. The third-order valence-electron chi connectivity index (χ3n) is 3.98. The summed E-state index contributed by atoms with van der Waals surface area (Å²) in [6, 6.07) is 11.0. The van der Waals surface area contributed by atoms with Gasteiger partial charge in [0.05, 0.1) is 4.92 Å². The van der Waals surface area contributed by atoms with Crippen molar-refractivity contribution in [2.75, 3.05) is 5.32 Å². The maximum atomic E-state index is 11.6. The summed E-state index contributed by atoms with van der Waals surface area (Å²) in [4.78, 5) is 23.2. The van der Waals surface area contributed by atoms with Crippen molar-refractivity contribution < 1.29 is 9.66 Å². The van der Waals surface area contributed by atoms with Crippen LogP contribution in [0, 0.1) is 17.0 Å². The molecule has 8 nitrogen and oxygen atoms in total. The first-order valence-corrected chi connectivity index (χ1v) is 8.41. The van der Waals surface area contributed by atoms with Gasteiger partial charge in [-0.2, -0.15) is 4.98 Å². The molecule has 138 valence electrons. The molecule has 0 bridgehead atoms. The molecule has 0 aliphatic carbocycles. The van der Waals surface area contributed by atoms with Crippen molar-refractivity contribution in [3.8, 4) is 11.6 Å². The van der Waals surface area contributed by atoms with Crippen molar-refractivity contribution in [3.05, 3.63) is 70.2 Å². The lowest BCUT2D eigenvalue weighted by Crippen LogP contribution is -2.05. The molecule has 3 aromatic rings. The van der Waals surface area contributed by atoms with E-state index in [2.05, 4.69) is 34.1 Å². The smallest absolute Gasteiger partial charge is 0.373 e. The molecule has 0 amide bonds. The van der Waals surface area contributed by atoms with E-state index < -0.39 is 4.92 Å². The van der Waals surface area contributed by atoms with Crippen LogP contribution >= 0.6 is 0 Å². The number of nitrogens with one attached hydrogen (secondary N) is 1. The molecule has 1 aromatic carbocycles. The Hall–Kier alpha value is -3.55. The van der Waals surface area contributed by atoms with Gasteiger partial charge >= 0.3 is 11.6 Å². The van der Waals surface area contributed by atoms with Crippen LogP contribution in [0.25, 0.3) is 0 Å². The maximum Gasteiger partial charge on any atom is 0.373 e. The molecule has 27 heavy (non-hydrogen) atoms. The average molecular weight is 365 g/mol. The molecule has 0 radical (unpaired) electrons. The van der Waals surface area contributed by atoms with Crippen molar-refractivity contribution in [2.45, 2.75) is 26.7 Å². The number of aryl methyl sites for hydroxylation is 1. The molecule has 0 unspecified atom stereocenters. The summed E-state index contributed by atoms with van der Waals surface area (Å²) in [5.41, 5.74) is 1.63. The van der Waals surface area contributed by atoms with Crippen LogP contribution in [0.4, 0.5) is 17.3 Å². The first kappa shape index (κ1) is 18.2. The average Bonchev–Trinajstić information content (AvgIpc) is 2.64. The Morgan fingerprint density at radius 3 is 2.44 bits per heavy atom. The molecular formula is C19H19N5O3. The number of aromatic nitrogens is 3. The second kappa shape index (κ2) is 7.77. The van der Waals surface area contributed by atoms with Crippen molar-refractivity contribution in [2.24, 2.45) is 0 Å². The summed E-state index contributed by atoms with van der Waals surface area (Å²) >= 11 is 0. The van der Waals surface area contributed by atoms with Crippen LogP contribution in [0.15, 0.2) is 48.9 Å². The number of rotatable bonds is 6. The second-order valence-corrected chi connectivity index (χ2v) is 6.25. The maximum absolute atomic E-state index is 11.6. The van der Waals surface area contributed by atoms with Crippen molar-refractivity contribution >= 4 is 17.3 Å². The van der Waals surface area contributed by atoms with Crippen LogP contribution in [0.5, 0.6) is 11.6 Å². The van der Waals surface area contributed by atoms with Crippen molar-refractivity contribution in [3.63, 3.8) is 0 Å². The molecule has 0 fully saturated rings. The zero-order chi connectivity index (χ0) is 19.4. The highest BCUT2D eigenvalue weighted by atomic mass is 16.6. The molecular weight excluding hydrogens is 346 g/mol. The van der Waals surface area contributed by atoms with Crippen molar-refractivity contribution in [1.29, 1.82) is 0 Å². The summed E-state index contributed by atoms with van der Waals surface area (Å²) in [7, 11) is 0. The molecule has 8 heteroatoms. The predicted octanol–water partition coefficient (Wildman–Crippen LogP) is 4.75. The van der Waals surface area contributed by atoms with Crippen LogP contribution in [0.3, 0.4) is 0 Å². The molecule has 3 rings (SSSR count). The summed E-state index contributed by atoms with van der Waals surface area (Å²) in [5, 5.41) is 14.5. The lowest BCUT2D eigenvalue weighted by Gasteiger charge is -2.11. The molecule has 0 spiro atoms. The van der Waals surface area contributed by atoms with E-state index in [0.717, 1.165) is 11.1 Å². The van der Waals surface area contributed by atoms with E-state index in [9.17, 15) is 10.1 Å². The highest BCUT2D eigenvalue weighted by Gasteiger charge is 2.25. The van der Waals surface area contributed by atoms with E-state index in [4.69, 9.17) is 4.74 Å². The molecule has 0 saturated heterocycles. The fourth-order valence-corrected chi connectivity index (χ4v) is 2.45. The topological polar surface area (TPSA) is 103 Å². The van der Waals surface area contributed by atoms with E-state index in [-0.39, 0.29) is 17.4 Å². The van der Waals surface area contributed by atoms with Crippen LogP contribution in [0.1, 0.15) is 30.9 Å². The van der Waals surface area contributed by atoms with Crippen LogP contribution < -0.4 is 10.1 Å². The largest absolute Gasteiger partial charge is 0.434 e. The Morgan fingerprint density at radius 2 is 1.81 bits per heavy atom. The fourth-order valence-electron chi connectivity index (χ4n) is 2.45. The van der Waals surface area contributed by atoms with Gasteiger partial charge in [-0.1, -0.05) is 32.0 Å². The number of nitro groups is 1. The molecule has 0 saturated carbocycles. The third-order valence-corrected chi connectivity index (χ3v) is 3.98. The van der Waals surface area contributed by atoms with Gasteiger partial charge in [0.2, 0.25) is 5.82 Å². The molecule has 0 atom stereocenters. The quantitative estimate of drug-likeness (QED) is 0.496. The van der Waals surface area contributed by atoms with Crippen LogP contribution in [0.2, 0.25) is 0 Å². The van der Waals surface area contributed by atoms with Gasteiger partial charge in [0.15, 0.2) is 0 Å². The van der Waals surface area contributed by atoms with Gasteiger partial charge in [0, 0.05) is 6.20 Å². The highest BCUT2D eigenvalue weighted by Crippen LogP contribution is 2.35. The number of ether oxygens (including phenoxy) is 1. The first-order chi connectivity index (χ1) is 13.0. The Bertz CT molecular complexity index is 958. The monoisotopic (exact) mass is 365 g/mol. The summed E-state index contributed by atoms with van der Waals surface area (Å²) in [6.45, 7) is 6.02. The Morgan fingerprint density at radius 1 is 1.07 bits per heavy atom. The Kier molecular flexibility index (Phi) is 5.25. The lowest BCUT2D eigenvalue weighted by molar-refractivity contribution is -0.385. The van der Waals surface area contributed by atoms with Gasteiger partial charge in [-0.05, 0) is 42.2 Å². The molecule has 0 aliphatic heterocycles. The fraction of sp³-hybridized carbons (Fsp3) is 0.211. The minimum Gasteiger partial charge on any atom is -0.434 e. The minimum atomic E-state index is -0.571. The number of nitrogens with zero attached hydrogens (tertiary/aromatic N) is 4. The van der Waals surface area contributed by atoms with Gasteiger partial charge < -0.3 is 10.1 Å². The number of benzene rings is 1. The first-order valence-electron chi connectivity index (χ1n) is 8.41. The van der Waals surface area contributed by atoms with E-state index in [1.165, 1.54) is 6.33 Å². The normalized spacial score (nSPS) is 10.7. The Balaban J connectivity index is 1.94. The number of hydrogen-bond acceptors (Lipinski definition) is 7. The van der Waals surface area contributed by atoms with Crippen molar-refractivity contribution in [1.82, 2.24) is 15.0 Å². The molecule has 0 aliphatic rings.